The maximum Gasteiger partial charge on any atom is 0.131 e. The lowest BCUT2D eigenvalue weighted by atomic mass is 9.49. The Hall–Kier alpha value is -1.27. The minimum absolute atomic E-state index is 0.0590. The number of aliphatic hydroxyl groups is 1. The molecule has 4 aliphatic rings. The summed E-state index contributed by atoms with van der Waals surface area (Å²) in [7, 11) is 0. The zero-order valence-electron chi connectivity index (χ0n) is 14.7. The summed E-state index contributed by atoms with van der Waals surface area (Å²) in [5.74, 6) is 5.47. The molecule has 3 heteroatoms. The van der Waals surface area contributed by atoms with Crippen LogP contribution in [0.1, 0.15) is 64.7 Å². The number of rotatable bonds is 1. The summed E-state index contributed by atoms with van der Waals surface area (Å²) in [6.07, 6.45) is 17.4. The van der Waals surface area contributed by atoms with Crippen molar-refractivity contribution in [2.24, 2.45) is 34.2 Å². The molecular weight excluding hydrogens is 298 g/mol. The Labute approximate surface area is 145 Å². The predicted molar refractivity (Wildman–Crippen MR) is 94.7 cm³/mol. The number of hydrogen-bond donors (Lipinski definition) is 2. The van der Waals surface area contributed by atoms with Crippen LogP contribution in [-0.2, 0) is 0 Å². The molecule has 4 aliphatic carbocycles. The van der Waals surface area contributed by atoms with Gasteiger partial charge < -0.3 is 10.3 Å². The van der Waals surface area contributed by atoms with Gasteiger partial charge in [0.1, 0.15) is 5.60 Å². The number of terminal acetylenes is 1. The van der Waals surface area contributed by atoms with Crippen LogP contribution >= 0.6 is 0 Å². The van der Waals surface area contributed by atoms with Gasteiger partial charge in [0, 0.05) is 5.41 Å². The molecule has 0 saturated heterocycles. The van der Waals surface area contributed by atoms with Gasteiger partial charge in [-0.1, -0.05) is 23.6 Å². The van der Waals surface area contributed by atoms with E-state index < -0.39 is 5.60 Å². The maximum absolute atomic E-state index is 11.1. The van der Waals surface area contributed by atoms with Crippen molar-refractivity contribution in [1.29, 1.82) is 0 Å². The van der Waals surface area contributed by atoms with Gasteiger partial charge in [-0.15, -0.1) is 6.42 Å². The first-order chi connectivity index (χ1) is 11.6. The van der Waals surface area contributed by atoms with Crippen LogP contribution < -0.4 is 0 Å². The minimum atomic E-state index is -0.892. The molecule has 0 aromatic carbocycles. The molecule has 0 aromatic rings. The largest absolute Gasteiger partial charge is 0.411 e. The predicted octanol–water partition coefficient (Wildman–Crippen LogP) is 4.14. The molecule has 6 atom stereocenters. The van der Waals surface area contributed by atoms with Crippen LogP contribution in [0.25, 0.3) is 0 Å². The van der Waals surface area contributed by atoms with Crippen molar-refractivity contribution < 1.29 is 10.3 Å². The van der Waals surface area contributed by atoms with E-state index in [4.69, 9.17) is 11.6 Å². The fraction of sp³-hybridized carbons (Fsp3) is 0.762. The Morgan fingerprint density at radius 1 is 1.21 bits per heavy atom. The molecule has 0 bridgehead atoms. The molecular formula is C21H29NO2. The molecule has 0 radical (unpaired) electrons. The highest BCUT2D eigenvalue weighted by molar-refractivity contribution is 5.96. The molecule has 3 nitrogen and oxygen atoms in total. The van der Waals surface area contributed by atoms with Gasteiger partial charge in [-0.3, -0.25) is 0 Å². The van der Waals surface area contributed by atoms with Crippen molar-refractivity contribution in [3.63, 3.8) is 0 Å². The van der Waals surface area contributed by atoms with E-state index in [-0.39, 0.29) is 5.41 Å². The number of hydrogen-bond acceptors (Lipinski definition) is 3. The first-order valence-electron chi connectivity index (χ1n) is 9.70. The van der Waals surface area contributed by atoms with Crippen molar-refractivity contribution >= 4 is 5.71 Å². The molecule has 3 fully saturated rings. The van der Waals surface area contributed by atoms with E-state index in [2.05, 4.69) is 24.1 Å². The molecule has 0 heterocycles. The third-order valence-corrected chi connectivity index (χ3v) is 8.16. The molecule has 0 aromatic heterocycles. The van der Waals surface area contributed by atoms with Gasteiger partial charge in [-0.25, -0.2) is 0 Å². The Bertz CT molecular complexity index is 630. The Balaban J connectivity index is 1.65. The van der Waals surface area contributed by atoms with E-state index in [0.29, 0.717) is 17.8 Å². The van der Waals surface area contributed by atoms with Gasteiger partial charge in [0.15, 0.2) is 0 Å². The highest BCUT2D eigenvalue weighted by atomic mass is 16.4. The molecule has 130 valence electrons. The topological polar surface area (TPSA) is 52.8 Å². The van der Waals surface area contributed by atoms with Crippen molar-refractivity contribution in [3.05, 3.63) is 11.6 Å². The molecule has 2 N–H and O–H groups in total. The van der Waals surface area contributed by atoms with Crippen molar-refractivity contribution in [3.8, 4) is 12.3 Å². The fourth-order valence-corrected chi connectivity index (χ4v) is 7.05. The molecule has 0 amide bonds. The second-order valence-electron chi connectivity index (χ2n) is 8.52. The summed E-state index contributed by atoms with van der Waals surface area (Å²) >= 11 is 0. The average Bonchev–Trinajstić information content (AvgIpc) is 2.94. The summed E-state index contributed by atoms with van der Waals surface area (Å²) in [5, 5.41) is 23.7. The van der Waals surface area contributed by atoms with Crippen LogP contribution in [0, 0.1) is 41.4 Å². The zero-order valence-corrected chi connectivity index (χ0v) is 14.7. The second-order valence-corrected chi connectivity index (χ2v) is 8.52. The van der Waals surface area contributed by atoms with E-state index in [1.54, 1.807) is 0 Å². The van der Waals surface area contributed by atoms with Crippen LogP contribution in [0.3, 0.4) is 0 Å². The third-order valence-electron chi connectivity index (χ3n) is 8.16. The number of allylic oxidation sites excluding steroid dienone is 2. The maximum atomic E-state index is 11.1. The smallest absolute Gasteiger partial charge is 0.131 e. The number of nitrogens with zero attached hydrogens (tertiary/aromatic N) is 1. The van der Waals surface area contributed by atoms with E-state index >= 15 is 0 Å². The average molecular weight is 327 g/mol. The lowest BCUT2D eigenvalue weighted by Gasteiger charge is -2.56. The standard InChI is InChI=1S/C21H29NO2/c1-3-20-11-9-17-16-8-6-15(22-24)13-14(16)5-7-18(17)19(20)10-12-21(20,23)4-2/h2,13,16-19,23-24H,3,5-12H2,1H3/b22-15+/t16-,17+,18+,19-,20-,21-/m1/s1. The van der Waals surface area contributed by atoms with Crippen LogP contribution in [0.5, 0.6) is 0 Å². The summed E-state index contributed by atoms with van der Waals surface area (Å²) in [4.78, 5) is 0. The highest BCUT2D eigenvalue weighted by Gasteiger charge is 2.63. The second kappa shape index (κ2) is 5.63. The van der Waals surface area contributed by atoms with Gasteiger partial charge >= 0.3 is 0 Å². The first-order valence-corrected chi connectivity index (χ1v) is 9.70. The Kier molecular flexibility index (Phi) is 3.80. The van der Waals surface area contributed by atoms with Crippen LogP contribution in [-0.4, -0.2) is 21.6 Å². The Morgan fingerprint density at radius 3 is 2.75 bits per heavy atom. The van der Waals surface area contributed by atoms with Gasteiger partial charge in [0.05, 0.1) is 5.71 Å². The Morgan fingerprint density at radius 2 is 2.04 bits per heavy atom. The zero-order chi connectivity index (χ0) is 16.9. The van der Waals surface area contributed by atoms with E-state index in [0.717, 1.165) is 56.6 Å². The fourth-order valence-electron chi connectivity index (χ4n) is 7.05. The number of fused-ring (bicyclic) bond motifs is 5. The van der Waals surface area contributed by atoms with E-state index in [1.165, 1.54) is 18.4 Å². The summed E-state index contributed by atoms with van der Waals surface area (Å²) in [6, 6.07) is 0. The lowest BCUT2D eigenvalue weighted by Crippen LogP contribution is -2.53. The normalized spacial score (nSPS) is 48.9. The van der Waals surface area contributed by atoms with E-state index in [1.807, 2.05) is 0 Å². The molecule has 4 rings (SSSR count). The highest BCUT2D eigenvalue weighted by Crippen LogP contribution is 2.66. The van der Waals surface area contributed by atoms with Crippen LogP contribution in [0.4, 0.5) is 0 Å². The quantitative estimate of drug-likeness (QED) is 0.432. The summed E-state index contributed by atoms with van der Waals surface area (Å²) in [6.45, 7) is 2.22. The molecule has 3 saturated carbocycles. The monoisotopic (exact) mass is 327 g/mol. The van der Waals surface area contributed by atoms with E-state index in [9.17, 15) is 5.11 Å². The van der Waals surface area contributed by atoms with Gasteiger partial charge in [-0.2, -0.15) is 0 Å². The third kappa shape index (κ3) is 1.99. The summed E-state index contributed by atoms with van der Waals surface area (Å²) < 4.78 is 0. The molecule has 0 unspecified atom stereocenters. The van der Waals surface area contributed by atoms with Crippen molar-refractivity contribution in [1.82, 2.24) is 0 Å². The molecule has 0 spiro atoms. The minimum Gasteiger partial charge on any atom is -0.411 e. The lowest BCUT2D eigenvalue weighted by molar-refractivity contribution is -0.0989. The van der Waals surface area contributed by atoms with Crippen LogP contribution in [0.15, 0.2) is 16.8 Å². The number of oxime groups is 1. The molecule has 0 aliphatic heterocycles. The van der Waals surface area contributed by atoms with Gasteiger partial charge in [-0.05, 0) is 87.5 Å². The van der Waals surface area contributed by atoms with Gasteiger partial charge in [0.2, 0.25) is 0 Å². The summed E-state index contributed by atoms with van der Waals surface area (Å²) in [5.41, 5.74) is 1.40. The molecule has 24 heavy (non-hydrogen) atoms. The van der Waals surface area contributed by atoms with Gasteiger partial charge in [0.25, 0.3) is 0 Å². The van der Waals surface area contributed by atoms with Crippen molar-refractivity contribution in [2.45, 2.75) is 70.3 Å². The SMILES string of the molecule is C#C[C@@]1(O)CC[C@@H]2[C@H]3CCC4=C/C(=N/O)CC[C@H]4[C@@H]3CC[C@]21CC. The van der Waals surface area contributed by atoms with Crippen LogP contribution in [0.2, 0.25) is 0 Å². The van der Waals surface area contributed by atoms with Crippen molar-refractivity contribution in [2.75, 3.05) is 0 Å². The first kappa shape index (κ1) is 16.2.